The third-order valence-electron chi connectivity index (χ3n) is 2.87. The molecule has 3 nitrogen and oxygen atoms in total. The number of hydrogen-bond acceptors (Lipinski definition) is 3. The summed E-state index contributed by atoms with van der Waals surface area (Å²) >= 11 is 0. The molecule has 2 N–H and O–H groups in total. The predicted molar refractivity (Wildman–Crippen MR) is 82.5 cm³/mol. The van der Waals surface area contributed by atoms with Gasteiger partial charge in [0.05, 0.1) is 0 Å². The van der Waals surface area contributed by atoms with E-state index in [1.807, 2.05) is 58.9 Å². The molecule has 0 aliphatic heterocycles. The van der Waals surface area contributed by atoms with Crippen LogP contribution in [0.2, 0.25) is 58.9 Å². The van der Waals surface area contributed by atoms with E-state index < -0.39 is 30.2 Å². The Hall–Kier alpha value is 0.961. The summed E-state index contributed by atoms with van der Waals surface area (Å²) in [5.41, 5.74) is 0. The summed E-state index contributed by atoms with van der Waals surface area (Å²) in [6.07, 6.45) is -3.94. The van der Waals surface area contributed by atoms with Gasteiger partial charge in [-0.15, -0.1) is 0 Å². The summed E-state index contributed by atoms with van der Waals surface area (Å²) < 4.78 is 6.05. The molecule has 0 aliphatic carbocycles. The van der Waals surface area contributed by atoms with Gasteiger partial charge in [-0.1, -0.05) is 0 Å². The third-order valence-corrected chi connectivity index (χ3v) is 39.5. The predicted octanol–water partition coefficient (Wildman–Crippen LogP) is 3.79. The van der Waals surface area contributed by atoms with Crippen LogP contribution in [0.25, 0.3) is 0 Å². The van der Waals surface area contributed by atoms with Crippen molar-refractivity contribution in [1.29, 1.82) is 0 Å². The van der Waals surface area contributed by atoms with Crippen LogP contribution in [0.3, 0.4) is 0 Å². The maximum atomic E-state index is 11.1. The molecule has 0 rings (SSSR count). The summed E-state index contributed by atoms with van der Waals surface area (Å²) in [7, 11) is -6.29. The van der Waals surface area contributed by atoms with Crippen molar-refractivity contribution in [2.45, 2.75) is 58.9 Å². The van der Waals surface area contributed by atoms with Gasteiger partial charge in [0.2, 0.25) is 0 Å². The summed E-state index contributed by atoms with van der Waals surface area (Å²) in [6, 6.07) is 0. The molecule has 16 heavy (non-hydrogen) atoms. The van der Waals surface area contributed by atoms with Crippen molar-refractivity contribution in [3.8, 4) is 0 Å². The molecule has 0 unspecified atom stereocenters. The normalized spacial score (nSPS) is 18.1. The zero-order chi connectivity index (χ0) is 13.7. The van der Waals surface area contributed by atoms with Gasteiger partial charge in [0.25, 0.3) is 0 Å². The SMILES string of the molecule is C[Si](C)(C)OP(O)(O)([Si](C)(C)C)[Si](C)(C)C. The summed E-state index contributed by atoms with van der Waals surface area (Å²) in [6.45, 7) is 18.2. The Morgan fingerprint density at radius 1 is 0.688 bits per heavy atom. The third kappa shape index (κ3) is 2.85. The van der Waals surface area contributed by atoms with Crippen LogP contribution in [0.4, 0.5) is 0 Å². The van der Waals surface area contributed by atoms with E-state index >= 15 is 0 Å². The molecule has 7 heteroatoms. The molecule has 0 amide bonds. The van der Waals surface area contributed by atoms with Crippen LogP contribution >= 0.6 is 6.38 Å². The first-order chi connectivity index (χ1) is 6.51. The molecule has 0 aliphatic rings. The Morgan fingerprint density at radius 3 is 1.00 bits per heavy atom. The topological polar surface area (TPSA) is 49.7 Å². The second-order valence-electron chi connectivity index (χ2n) is 7.49. The molecule has 0 spiro atoms. The van der Waals surface area contributed by atoms with Crippen LogP contribution in [0.15, 0.2) is 0 Å². The van der Waals surface area contributed by atoms with E-state index in [1.165, 1.54) is 0 Å². The minimum atomic E-state index is -3.94. The monoisotopic (exact) mass is 300 g/mol. The molecule has 0 aromatic rings. The minimum absolute atomic E-state index is 1.96. The van der Waals surface area contributed by atoms with Gasteiger partial charge in [-0.25, -0.2) is 0 Å². The van der Waals surface area contributed by atoms with Gasteiger partial charge in [0.1, 0.15) is 0 Å². The van der Waals surface area contributed by atoms with E-state index in [-0.39, 0.29) is 0 Å². The zero-order valence-electron chi connectivity index (χ0n) is 12.2. The summed E-state index contributed by atoms with van der Waals surface area (Å²) in [5.74, 6) is 0. The van der Waals surface area contributed by atoms with Gasteiger partial charge < -0.3 is 0 Å². The number of rotatable bonds is 4. The summed E-state index contributed by atoms with van der Waals surface area (Å²) in [5, 5.41) is 0. The molecule has 0 fully saturated rings. The average Bonchev–Trinajstić information content (AvgIpc) is 1.74. The Kier molecular flexibility index (Phi) is 4.22. The molecule has 100 valence electrons. The molecule has 0 bridgehead atoms. The van der Waals surface area contributed by atoms with Crippen LogP contribution in [0, 0.1) is 0 Å². The van der Waals surface area contributed by atoms with E-state index in [9.17, 15) is 9.79 Å². The van der Waals surface area contributed by atoms with E-state index in [0.717, 1.165) is 0 Å². The first-order valence-electron chi connectivity index (χ1n) is 5.73. The van der Waals surface area contributed by atoms with Crippen LogP contribution < -0.4 is 0 Å². The number of hydrogen-bond donors (Lipinski definition) is 2. The van der Waals surface area contributed by atoms with Gasteiger partial charge in [0, 0.05) is 0 Å². The van der Waals surface area contributed by atoms with Gasteiger partial charge >= 0.3 is 103 Å². The molecule has 0 heterocycles. The van der Waals surface area contributed by atoms with Crippen molar-refractivity contribution in [2.75, 3.05) is 0 Å². The van der Waals surface area contributed by atoms with Gasteiger partial charge in [0.15, 0.2) is 0 Å². The summed E-state index contributed by atoms with van der Waals surface area (Å²) in [4.78, 5) is 22.2. The van der Waals surface area contributed by atoms with E-state index in [4.69, 9.17) is 4.21 Å². The van der Waals surface area contributed by atoms with Gasteiger partial charge in [-0.05, 0) is 0 Å². The molecule has 0 radical (unpaired) electrons. The van der Waals surface area contributed by atoms with Crippen molar-refractivity contribution in [3.05, 3.63) is 0 Å². The zero-order valence-corrected chi connectivity index (χ0v) is 16.1. The standard InChI is InChI=1S/C9H29O3PSi3/c1-14(2,3)12-13(10,11,15(4,5)6)16(7,8)9/h10-11H,1-9H3. The second-order valence-corrected chi connectivity index (χ2v) is 37.3. The van der Waals surface area contributed by atoms with Crippen molar-refractivity contribution >= 4 is 30.2 Å². The van der Waals surface area contributed by atoms with Crippen LogP contribution in [-0.4, -0.2) is 33.6 Å². The quantitative estimate of drug-likeness (QED) is 0.613. The van der Waals surface area contributed by atoms with Crippen LogP contribution in [0.1, 0.15) is 0 Å². The molecule has 0 saturated heterocycles. The van der Waals surface area contributed by atoms with Crippen molar-refractivity contribution in [2.24, 2.45) is 0 Å². The fourth-order valence-corrected chi connectivity index (χ4v) is 44.2. The van der Waals surface area contributed by atoms with E-state index in [2.05, 4.69) is 0 Å². The van der Waals surface area contributed by atoms with E-state index in [1.54, 1.807) is 0 Å². The van der Waals surface area contributed by atoms with Crippen molar-refractivity contribution < 1.29 is 14.0 Å². The van der Waals surface area contributed by atoms with Crippen LogP contribution in [0.5, 0.6) is 0 Å². The fraction of sp³-hybridized carbons (Fsp3) is 1.00. The molecule has 0 aromatic carbocycles. The molecular weight excluding hydrogens is 271 g/mol. The van der Waals surface area contributed by atoms with Crippen molar-refractivity contribution in [3.63, 3.8) is 0 Å². The van der Waals surface area contributed by atoms with Gasteiger partial charge in [-0.2, -0.15) is 0 Å². The fourth-order valence-electron chi connectivity index (χ4n) is 1.80. The Bertz CT molecular complexity index is 255. The van der Waals surface area contributed by atoms with Crippen LogP contribution in [-0.2, 0) is 4.21 Å². The van der Waals surface area contributed by atoms with Crippen molar-refractivity contribution in [1.82, 2.24) is 0 Å². The first kappa shape index (κ1) is 17.0. The van der Waals surface area contributed by atoms with Gasteiger partial charge in [-0.3, -0.25) is 0 Å². The molecule has 0 aromatic heterocycles. The Balaban J connectivity index is 5.75. The molecule has 0 saturated carbocycles. The maximum absolute atomic E-state index is 11.1. The Labute approximate surface area is 103 Å². The first-order valence-corrected chi connectivity index (χ1v) is 19.9. The molecule has 0 atom stereocenters. The second kappa shape index (κ2) is 3.98. The Morgan fingerprint density at radius 2 is 0.938 bits per heavy atom. The average molecular weight is 301 g/mol. The van der Waals surface area contributed by atoms with E-state index in [0.29, 0.717) is 0 Å². The molecular formula is C9H29O3PSi3.